The summed E-state index contributed by atoms with van der Waals surface area (Å²) in [5, 5.41) is 12.3. The van der Waals surface area contributed by atoms with Crippen LogP contribution in [0.15, 0.2) is 30.3 Å². The summed E-state index contributed by atoms with van der Waals surface area (Å²) in [4.78, 5) is 23.3. The number of nitrogens with one attached hydrogen (secondary N) is 1. The molecule has 0 unspecified atom stereocenters. The van der Waals surface area contributed by atoms with Gasteiger partial charge in [-0.2, -0.15) is 0 Å². The number of rotatable bonds is 8. The Morgan fingerprint density at radius 3 is 2.38 bits per heavy atom. The zero-order valence-corrected chi connectivity index (χ0v) is 12.6. The molecule has 116 valence electrons. The highest BCUT2D eigenvalue weighted by Gasteiger charge is 2.23. The number of carbonyl (C=O) groups excluding carboxylic acids is 2. The van der Waals surface area contributed by atoms with E-state index in [1.807, 2.05) is 44.2 Å². The van der Waals surface area contributed by atoms with Gasteiger partial charge in [0, 0.05) is 0 Å². The standard InChI is InChI=1S/C16H24N2O3/c1-11(2)10-14(19)16(21)18-13(15(17)20)9-8-12-6-4-3-5-7-12/h3-7,11,13-14,19H,8-10H2,1-2H3,(H2,17,20)(H,18,21)/t13-,14+/m1/s1. The maximum Gasteiger partial charge on any atom is 0.249 e. The Hall–Kier alpha value is -1.88. The molecule has 0 heterocycles. The Balaban J connectivity index is 2.54. The lowest BCUT2D eigenvalue weighted by Gasteiger charge is -2.19. The number of benzene rings is 1. The van der Waals surface area contributed by atoms with Crippen LogP contribution in [0.1, 0.15) is 32.3 Å². The van der Waals surface area contributed by atoms with Crippen LogP contribution in [0.5, 0.6) is 0 Å². The summed E-state index contributed by atoms with van der Waals surface area (Å²) < 4.78 is 0. The molecule has 5 heteroatoms. The van der Waals surface area contributed by atoms with Crippen molar-refractivity contribution < 1.29 is 14.7 Å². The Morgan fingerprint density at radius 2 is 1.86 bits per heavy atom. The van der Waals surface area contributed by atoms with Gasteiger partial charge in [-0.1, -0.05) is 44.2 Å². The van der Waals surface area contributed by atoms with Gasteiger partial charge in [-0.05, 0) is 30.7 Å². The predicted octanol–water partition coefficient (Wildman–Crippen LogP) is 0.996. The Labute approximate surface area is 125 Å². The fraction of sp³-hybridized carbons (Fsp3) is 0.500. The predicted molar refractivity (Wildman–Crippen MR) is 81.3 cm³/mol. The van der Waals surface area contributed by atoms with Crippen molar-refractivity contribution in [3.8, 4) is 0 Å². The first kappa shape index (κ1) is 17.2. The summed E-state index contributed by atoms with van der Waals surface area (Å²) >= 11 is 0. The van der Waals surface area contributed by atoms with E-state index in [2.05, 4.69) is 5.32 Å². The molecule has 1 rings (SSSR count). The van der Waals surface area contributed by atoms with Crippen molar-refractivity contribution in [2.45, 2.75) is 45.3 Å². The van der Waals surface area contributed by atoms with Crippen molar-refractivity contribution in [3.63, 3.8) is 0 Å². The van der Waals surface area contributed by atoms with E-state index in [4.69, 9.17) is 5.73 Å². The third-order valence-corrected chi connectivity index (χ3v) is 3.22. The summed E-state index contributed by atoms with van der Waals surface area (Å²) in [5.74, 6) is -0.932. The minimum absolute atomic E-state index is 0.196. The Bertz CT molecular complexity index is 460. The van der Waals surface area contributed by atoms with Crippen molar-refractivity contribution in [1.29, 1.82) is 0 Å². The van der Waals surface area contributed by atoms with Gasteiger partial charge in [0.1, 0.15) is 12.1 Å². The quantitative estimate of drug-likeness (QED) is 0.667. The van der Waals surface area contributed by atoms with Crippen LogP contribution < -0.4 is 11.1 Å². The summed E-state index contributed by atoms with van der Waals surface area (Å²) in [7, 11) is 0. The van der Waals surface area contributed by atoms with E-state index in [0.717, 1.165) is 5.56 Å². The maximum atomic E-state index is 11.8. The SMILES string of the molecule is CC(C)C[C@H](O)C(=O)N[C@H](CCc1ccccc1)C(N)=O. The number of nitrogens with two attached hydrogens (primary N) is 1. The first-order chi connectivity index (χ1) is 9.90. The molecule has 0 aliphatic carbocycles. The highest BCUT2D eigenvalue weighted by Crippen LogP contribution is 2.07. The molecule has 0 aromatic heterocycles. The van der Waals surface area contributed by atoms with Gasteiger partial charge >= 0.3 is 0 Å². The Morgan fingerprint density at radius 1 is 1.24 bits per heavy atom. The zero-order valence-electron chi connectivity index (χ0n) is 12.6. The van der Waals surface area contributed by atoms with E-state index in [-0.39, 0.29) is 5.92 Å². The fourth-order valence-corrected chi connectivity index (χ4v) is 2.06. The highest BCUT2D eigenvalue weighted by atomic mass is 16.3. The van der Waals surface area contributed by atoms with Crippen molar-refractivity contribution in [3.05, 3.63) is 35.9 Å². The molecule has 5 nitrogen and oxygen atoms in total. The number of aliphatic hydroxyl groups is 1. The summed E-state index contributed by atoms with van der Waals surface area (Å²) in [5.41, 5.74) is 6.39. The lowest BCUT2D eigenvalue weighted by molar-refractivity contribution is -0.133. The number of primary amides is 1. The molecule has 0 bridgehead atoms. The molecule has 0 aliphatic heterocycles. The number of hydrogen-bond donors (Lipinski definition) is 3. The van der Waals surface area contributed by atoms with E-state index >= 15 is 0 Å². The average Bonchev–Trinajstić information content (AvgIpc) is 2.43. The van der Waals surface area contributed by atoms with E-state index in [1.54, 1.807) is 0 Å². The van der Waals surface area contributed by atoms with Gasteiger partial charge in [-0.15, -0.1) is 0 Å². The topological polar surface area (TPSA) is 92.4 Å². The van der Waals surface area contributed by atoms with Crippen LogP contribution in [-0.2, 0) is 16.0 Å². The Kier molecular flexibility index (Phi) is 6.88. The number of carbonyl (C=O) groups is 2. The molecule has 0 saturated carbocycles. The van der Waals surface area contributed by atoms with Crippen LogP contribution in [0.4, 0.5) is 0 Å². The van der Waals surface area contributed by atoms with Crippen LogP contribution in [-0.4, -0.2) is 29.1 Å². The van der Waals surface area contributed by atoms with Gasteiger partial charge in [0.2, 0.25) is 11.8 Å². The molecule has 1 aromatic carbocycles. The molecule has 21 heavy (non-hydrogen) atoms. The van der Waals surface area contributed by atoms with Gasteiger partial charge < -0.3 is 16.2 Å². The molecule has 2 atom stereocenters. The van der Waals surface area contributed by atoms with E-state index < -0.39 is 24.0 Å². The molecule has 2 amide bonds. The average molecular weight is 292 g/mol. The number of hydrogen-bond acceptors (Lipinski definition) is 3. The van der Waals surface area contributed by atoms with Crippen LogP contribution in [0.25, 0.3) is 0 Å². The minimum Gasteiger partial charge on any atom is -0.383 e. The smallest absolute Gasteiger partial charge is 0.249 e. The van der Waals surface area contributed by atoms with Crippen LogP contribution in [0.2, 0.25) is 0 Å². The minimum atomic E-state index is -1.11. The fourth-order valence-electron chi connectivity index (χ4n) is 2.06. The van der Waals surface area contributed by atoms with Crippen LogP contribution in [0, 0.1) is 5.92 Å². The zero-order chi connectivity index (χ0) is 15.8. The third kappa shape index (κ3) is 6.40. The summed E-state index contributed by atoms with van der Waals surface area (Å²) in [6, 6.07) is 8.89. The van der Waals surface area contributed by atoms with Crippen molar-refractivity contribution >= 4 is 11.8 Å². The van der Waals surface area contributed by atoms with Crippen molar-refractivity contribution in [2.75, 3.05) is 0 Å². The van der Waals surface area contributed by atoms with Crippen LogP contribution in [0.3, 0.4) is 0 Å². The van der Waals surface area contributed by atoms with E-state index in [0.29, 0.717) is 19.3 Å². The molecule has 0 aliphatic rings. The van der Waals surface area contributed by atoms with E-state index in [9.17, 15) is 14.7 Å². The highest BCUT2D eigenvalue weighted by molar-refractivity contribution is 5.88. The number of aryl methyl sites for hydroxylation is 1. The molecule has 0 spiro atoms. The number of amides is 2. The molecular formula is C16H24N2O3. The van der Waals surface area contributed by atoms with Gasteiger partial charge in [-0.3, -0.25) is 9.59 Å². The number of aliphatic hydroxyl groups excluding tert-OH is 1. The molecule has 1 aromatic rings. The molecule has 0 saturated heterocycles. The third-order valence-electron chi connectivity index (χ3n) is 3.22. The first-order valence-corrected chi connectivity index (χ1v) is 7.21. The van der Waals surface area contributed by atoms with Gasteiger partial charge in [0.05, 0.1) is 0 Å². The monoisotopic (exact) mass is 292 g/mol. The lowest BCUT2D eigenvalue weighted by atomic mass is 10.0. The second-order valence-corrected chi connectivity index (χ2v) is 5.63. The second-order valence-electron chi connectivity index (χ2n) is 5.63. The summed E-state index contributed by atoms with van der Waals surface area (Å²) in [6.45, 7) is 3.83. The summed E-state index contributed by atoms with van der Waals surface area (Å²) in [6.07, 6.45) is 0.299. The van der Waals surface area contributed by atoms with Crippen LogP contribution >= 0.6 is 0 Å². The molecule has 0 radical (unpaired) electrons. The van der Waals surface area contributed by atoms with Gasteiger partial charge in [0.15, 0.2) is 0 Å². The maximum absolute atomic E-state index is 11.8. The van der Waals surface area contributed by atoms with Crippen molar-refractivity contribution in [2.24, 2.45) is 11.7 Å². The van der Waals surface area contributed by atoms with Gasteiger partial charge in [-0.25, -0.2) is 0 Å². The van der Waals surface area contributed by atoms with Gasteiger partial charge in [0.25, 0.3) is 0 Å². The molecule has 0 fully saturated rings. The second kappa shape index (κ2) is 8.42. The molecule has 4 N–H and O–H groups in total. The van der Waals surface area contributed by atoms with Crippen molar-refractivity contribution in [1.82, 2.24) is 5.32 Å². The van der Waals surface area contributed by atoms with E-state index in [1.165, 1.54) is 0 Å². The lowest BCUT2D eigenvalue weighted by Crippen LogP contribution is -2.48. The molecular weight excluding hydrogens is 268 g/mol. The normalized spacial score (nSPS) is 13.7. The largest absolute Gasteiger partial charge is 0.383 e. The first-order valence-electron chi connectivity index (χ1n) is 7.21.